The minimum atomic E-state index is -0.569. The predicted molar refractivity (Wildman–Crippen MR) is 149 cm³/mol. The van der Waals surface area contributed by atoms with Crippen molar-refractivity contribution in [2.45, 2.75) is 110 Å². The maximum absolute atomic E-state index is 11.9. The van der Waals surface area contributed by atoms with Gasteiger partial charge in [-0.25, -0.2) is 0 Å². The smallest absolute Gasteiger partial charge is 0.306 e. The van der Waals surface area contributed by atoms with E-state index in [0.717, 1.165) is 51.4 Å². The van der Waals surface area contributed by atoms with Crippen LogP contribution in [-0.4, -0.2) is 37.0 Å². The number of hydrogen-bond donors (Lipinski definition) is 1. The van der Waals surface area contributed by atoms with Gasteiger partial charge in [-0.3, -0.25) is 4.79 Å². The van der Waals surface area contributed by atoms with Gasteiger partial charge < -0.3 is 14.6 Å². The molecule has 1 atom stereocenters. The Labute approximate surface area is 215 Å². The van der Waals surface area contributed by atoms with Gasteiger partial charge in [0.05, 0.1) is 19.8 Å². The number of rotatable bonds is 24. The molecule has 4 heteroatoms. The summed E-state index contributed by atoms with van der Waals surface area (Å²) in [6.07, 6.45) is 35.6. The second kappa shape index (κ2) is 28.3. The Morgan fingerprint density at radius 1 is 0.714 bits per heavy atom. The van der Waals surface area contributed by atoms with E-state index in [9.17, 15) is 9.90 Å². The van der Waals surface area contributed by atoms with Crippen LogP contribution in [0.5, 0.6) is 0 Å². The molecule has 0 aliphatic rings. The zero-order valence-corrected chi connectivity index (χ0v) is 22.5. The normalized spacial score (nSPS) is 13.3. The molecule has 0 aromatic heterocycles. The first-order chi connectivity index (χ1) is 17.2. The molecule has 0 aromatic carbocycles. The third-order valence-electron chi connectivity index (χ3n) is 5.38. The van der Waals surface area contributed by atoms with Crippen LogP contribution in [0.25, 0.3) is 0 Å². The van der Waals surface area contributed by atoms with Crippen molar-refractivity contribution in [2.75, 3.05) is 19.8 Å². The van der Waals surface area contributed by atoms with E-state index in [1.807, 2.05) is 0 Å². The first-order valence-corrected chi connectivity index (χ1v) is 13.9. The molecule has 0 bridgehead atoms. The van der Waals surface area contributed by atoms with Crippen LogP contribution in [0.1, 0.15) is 104 Å². The Hall–Kier alpha value is -1.91. The van der Waals surface area contributed by atoms with E-state index in [1.165, 1.54) is 32.1 Å². The van der Waals surface area contributed by atoms with E-state index in [4.69, 9.17) is 9.47 Å². The van der Waals surface area contributed by atoms with Crippen LogP contribution in [0.4, 0.5) is 0 Å². The molecule has 0 aromatic rings. The summed E-state index contributed by atoms with van der Waals surface area (Å²) in [4.78, 5) is 11.9. The molecule has 0 fully saturated rings. The van der Waals surface area contributed by atoms with Crippen molar-refractivity contribution in [1.29, 1.82) is 0 Å². The molecule has 0 saturated heterocycles. The molecule has 0 saturated carbocycles. The Morgan fingerprint density at radius 2 is 1.23 bits per heavy atom. The van der Waals surface area contributed by atoms with Crippen LogP contribution in [0, 0.1) is 0 Å². The molecular weight excluding hydrogens is 436 g/mol. The van der Waals surface area contributed by atoms with E-state index in [0.29, 0.717) is 13.0 Å². The van der Waals surface area contributed by atoms with Crippen molar-refractivity contribution < 1.29 is 19.4 Å². The Kier molecular flexibility index (Phi) is 26.8. The minimum absolute atomic E-state index is 0.204. The van der Waals surface area contributed by atoms with Gasteiger partial charge in [0, 0.05) is 6.42 Å². The molecule has 0 aliphatic carbocycles. The number of ether oxygens (including phenoxy) is 2. The van der Waals surface area contributed by atoms with Crippen molar-refractivity contribution in [1.82, 2.24) is 0 Å². The number of aliphatic hydroxyl groups excluding tert-OH is 1. The van der Waals surface area contributed by atoms with Gasteiger partial charge >= 0.3 is 5.97 Å². The molecule has 0 spiro atoms. The fourth-order valence-electron chi connectivity index (χ4n) is 3.33. The fraction of sp³-hybridized carbons (Fsp3) is 0.645. The Bertz CT molecular complexity index is 601. The van der Waals surface area contributed by atoms with Crippen molar-refractivity contribution in [3.63, 3.8) is 0 Å². The Balaban J connectivity index is 3.66. The molecule has 1 N–H and O–H groups in total. The predicted octanol–water partition coefficient (Wildman–Crippen LogP) is 8.19. The molecule has 0 heterocycles. The molecule has 35 heavy (non-hydrogen) atoms. The summed E-state index contributed by atoms with van der Waals surface area (Å²) in [6.45, 7) is 4.95. The maximum Gasteiger partial charge on any atom is 0.306 e. The summed E-state index contributed by atoms with van der Waals surface area (Å²) in [6, 6.07) is 0. The lowest BCUT2D eigenvalue weighted by atomic mass is 10.1. The molecule has 0 amide bonds. The third-order valence-corrected chi connectivity index (χ3v) is 5.38. The second-order valence-corrected chi connectivity index (χ2v) is 8.74. The van der Waals surface area contributed by atoms with Gasteiger partial charge in [0.15, 0.2) is 0 Å². The summed E-state index contributed by atoms with van der Waals surface area (Å²) in [5.74, 6) is -0.237. The molecular formula is C31H52O4. The summed E-state index contributed by atoms with van der Waals surface area (Å²) >= 11 is 0. The van der Waals surface area contributed by atoms with Gasteiger partial charge in [-0.1, -0.05) is 113 Å². The third kappa shape index (κ3) is 26.5. The van der Waals surface area contributed by atoms with E-state index in [-0.39, 0.29) is 19.2 Å². The monoisotopic (exact) mass is 488 g/mol. The Morgan fingerprint density at radius 3 is 1.77 bits per heavy atom. The minimum Gasteiger partial charge on any atom is -0.457 e. The van der Waals surface area contributed by atoms with Crippen molar-refractivity contribution in [3.8, 4) is 0 Å². The first kappa shape index (κ1) is 33.1. The standard InChI is InChI=1S/C31H52O4/c1-3-5-7-9-11-12-13-14-15-16-17-18-19-21-23-25-27-34-29-30(28-32)35-31(33)26-24-22-20-10-8-6-4-2/h5,7,11-12,14-15,17-18,21,23,30,32H,3-4,6,8-10,13,16,19-20,22,24-29H2,1-2H3/b7-5-,12-11-,15-14-,18-17-,23-21-. The lowest BCUT2D eigenvalue weighted by molar-refractivity contribution is -0.154. The number of aliphatic hydroxyl groups is 1. The van der Waals surface area contributed by atoms with Gasteiger partial charge in [0.25, 0.3) is 0 Å². The first-order valence-electron chi connectivity index (χ1n) is 13.9. The van der Waals surface area contributed by atoms with E-state index < -0.39 is 6.10 Å². The lowest BCUT2D eigenvalue weighted by Gasteiger charge is -2.15. The highest BCUT2D eigenvalue weighted by atomic mass is 16.6. The highest BCUT2D eigenvalue weighted by molar-refractivity contribution is 5.69. The molecule has 1 unspecified atom stereocenters. The number of carbonyl (C=O) groups excluding carboxylic acids is 1. The van der Waals surface area contributed by atoms with Gasteiger partial charge in [-0.05, 0) is 44.9 Å². The quantitative estimate of drug-likeness (QED) is 0.0845. The average Bonchev–Trinajstić information content (AvgIpc) is 2.86. The van der Waals surface area contributed by atoms with Crippen LogP contribution in [-0.2, 0) is 14.3 Å². The highest BCUT2D eigenvalue weighted by Crippen LogP contribution is 2.09. The number of hydrogen-bond acceptors (Lipinski definition) is 4. The van der Waals surface area contributed by atoms with Gasteiger partial charge in [-0.2, -0.15) is 0 Å². The van der Waals surface area contributed by atoms with Crippen LogP contribution >= 0.6 is 0 Å². The molecule has 4 nitrogen and oxygen atoms in total. The molecule has 0 rings (SSSR count). The summed E-state index contributed by atoms with van der Waals surface area (Å²) in [5, 5.41) is 9.42. The lowest BCUT2D eigenvalue weighted by Crippen LogP contribution is -2.27. The zero-order chi connectivity index (χ0) is 25.7. The van der Waals surface area contributed by atoms with Crippen LogP contribution in [0.15, 0.2) is 60.8 Å². The van der Waals surface area contributed by atoms with Crippen LogP contribution in [0.2, 0.25) is 0 Å². The number of carbonyl (C=O) groups is 1. The number of esters is 1. The average molecular weight is 489 g/mol. The highest BCUT2D eigenvalue weighted by Gasteiger charge is 2.13. The summed E-state index contributed by atoms with van der Waals surface area (Å²) in [5.41, 5.74) is 0. The van der Waals surface area contributed by atoms with Crippen molar-refractivity contribution in [3.05, 3.63) is 60.8 Å². The summed E-state index contributed by atoms with van der Waals surface area (Å²) in [7, 11) is 0. The SMILES string of the molecule is CC/C=C\C/C=C\C/C=C\C/C=C\C/C=C\CCOCC(CO)OC(=O)CCCCCCCCC. The molecule has 0 aliphatic heterocycles. The van der Waals surface area contributed by atoms with Gasteiger partial charge in [0.1, 0.15) is 6.10 Å². The van der Waals surface area contributed by atoms with E-state index in [1.54, 1.807) is 0 Å². The number of allylic oxidation sites excluding steroid dienone is 9. The van der Waals surface area contributed by atoms with Crippen molar-refractivity contribution >= 4 is 5.97 Å². The second-order valence-electron chi connectivity index (χ2n) is 8.74. The van der Waals surface area contributed by atoms with Gasteiger partial charge in [0.2, 0.25) is 0 Å². The summed E-state index contributed by atoms with van der Waals surface area (Å²) < 4.78 is 10.9. The topological polar surface area (TPSA) is 55.8 Å². The largest absolute Gasteiger partial charge is 0.457 e. The molecule has 200 valence electrons. The van der Waals surface area contributed by atoms with Gasteiger partial charge in [-0.15, -0.1) is 0 Å². The zero-order valence-electron chi connectivity index (χ0n) is 22.5. The fourth-order valence-corrected chi connectivity index (χ4v) is 3.33. The van der Waals surface area contributed by atoms with E-state index >= 15 is 0 Å². The number of unbranched alkanes of at least 4 members (excludes halogenated alkanes) is 6. The van der Waals surface area contributed by atoms with Crippen LogP contribution < -0.4 is 0 Å². The van der Waals surface area contributed by atoms with Crippen molar-refractivity contribution in [2.24, 2.45) is 0 Å². The van der Waals surface area contributed by atoms with Crippen LogP contribution in [0.3, 0.4) is 0 Å². The maximum atomic E-state index is 11.9. The van der Waals surface area contributed by atoms with E-state index in [2.05, 4.69) is 74.6 Å². The molecule has 0 radical (unpaired) electrons.